The van der Waals surface area contributed by atoms with E-state index < -0.39 is 0 Å². The predicted octanol–water partition coefficient (Wildman–Crippen LogP) is 4.51. The second-order valence-electron chi connectivity index (χ2n) is 7.78. The number of nitrogens with one attached hydrogen (secondary N) is 1. The van der Waals surface area contributed by atoms with Gasteiger partial charge in [0.1, 0.15) is 0 Å². The quantitative estimate of drug-likeness (QED) is 0.439. The van der Waals surface area contributed by atoms with Gasteiger partial charge in [0.25, 0.3) is 5.91 Å². The number of carbonyl (C=O) groups excluding carboxylic acids is 1. The van der Waals surface area contributed by atoms with E-state index in [2.05, 4.69) is 38.2 Å². The van der Waals surface area contributed by atoms with Crippen LogP contribution in [0.15, 0.2) is 91.3 Å². The fraction of sp³-hybridized carbons (Fsp3) is 0.115. The Morgan fingerprint density at radius 1 is 0.906 bits per heavy atom. The number of amides is 1. The second-order valence-corrected chi connectivity index (χ2v) is 7.78. The Morgan fingerprint density at radius 3 is 2.44 bits per heavy atom. The molecule has 2 heterocycles. The Kier molecular flexibility index (Phi) is 5.25. The molecule has 0 spiro atoms. The van der Waals surface area contributed by atoms with Crippen LogP contribution in [0.1, 0.15) is 27.3 Å². The summed E-state index contributed by atoms with van der Waals surface area (Å²) in [7, 11) is 0. The zero-order valence-electron chi connectivity index (χ0n) is 17.8. The highest BCUT2D eigenvalue weighted by Gasteiger charge is 2.13. The number of fused-ring (bicyclic) bond motifs is 1. The first-order chi connectivity index (χ1) is 15.7. The summed E-state index contributed by atoms with van der Waals surface area (Å²) in [6.07, 6.45) is 1.87. The Morgan fingerprint density at radius 2 is 1.62 bits per heavy atom. The number of aromatic nitrogens is 4. The van der Waals surface area contributed by atoms with E-state index in [0.29, 0.717) is 12.2 Å². The van der Waals surface area contributed by atoms with Gasteiger partial charge in [-0.15, -0.1) is 0 Å². The fourth-order valence-electron chi connectivity index (χ4n) is 3.78. The van der Waals surface area contributed by atoms with Gasteiger partial charge in [-0.2, -0.15) is 5.10 Å². The van der Waals surface area contributed by atoms with Crippen molar-refractivity contribution in [2.24, 2.45) is 0 Å². The third-order valence-corrected chi connectivity index (χ3v) is 5.48. The highest BCUT2D eigenvalue weighted by Crippen LogP contribution is 2.15. The minimum absolute atomic E-state index is 0.184. The van der Waals surface area contributed by atoms with E-state index in [1.165, 1.54) is 5.56 Å². The maximum absolute atomic E-state index is 12.6. The SMILES string of the molecule is Cc1cc(C(=O)NCc2ccc(Cn3cnc4ccccc43)cc2)nn1-c1ccccc1. The molecule has 0 saturated carbocycles. The summed E-state index contributed by atoms with van der Waals surface area (Å²) in [4.78, 5) is 17.1. The number of benzene rings is 3. The van der Waals surface area contributed by atoms with E-state index in [1.807, 2.05) is 73.9 Å². The number of hydrogen-bond acceptors (Lipinski definition) is 3. The van der Waals surface area contributed by atoms with Crippen molar-refractivity contribution in [2.75, 3.05) is 0 Å². The highest BCUT2D eigenvalue weighted by atomic mass is 16.1. The molecule has 2 aromatic heterocycles. The molecule has 5 rings (SSSR count). The number of para-hydroxylation sites is 3. The summed E-state index contributed by atoms with van der Waals surface area (Å²) >= 11 is 0. The molecule has 0 fully saturated rings. The summed E-state index contributed by atoms with van der Waals surface area (Å²) in [5.41, 5.74) is 6.60. The van der Waals surface area contributed by atoms with Crippen molar-refractivity contribution in [3.05, 3.63) is 114 Å². The number of carbonyl (C=O) groups is 1. The van der Waals surface area contributed by atoms with Gasteiger partial charge in [-0.25, -0.2) is 9.67 Å². The largest absolute Gasteiger partial charge is 0.347 e. The normalized spacial score (nSPS) is 11.0. The second kappa shape index (κ2) is 8.51. The average Bonchev–Trinajstić information content (AvgIpc) is 3.43. The third kappa shape index (κ3) is 4.03. The van der Waals surface area contributed by atoms with Gasteiger partial charge in [-0.1, -0.05) is 54.6 Å². The van der Waals surface area contributed by atoms with Gasteiger partial charge in [0.05, 0.1) is 23.0 Å². The first-order valence-electron chi connectivity index (χ1n) is 10.6. The van der Waals surface area contributed by atoms with Crippen LogP contribution >= 0.6 is 0 Å². The molecule has 5 aromatic rings. The Balaban J connectivity index is 1.22. The fourth-order valence-corrected chi connectivity index (χ4v) is 3.78. The molecule has 6 nitrogen and oxygen atoms in total. The van der Waals surface area contributed by atoms with Crippen LogP contribution in [0.2, 0.25) is 0 Å². The maximum Gasteiger partial charge on any atom is 0.272 e. The molecule has 0 aliphatic carbocycles. The van der Waals surface area contributed by atoms with Crippen molar-refractivity contribution >= 4 is 16.9 Å². The highest BCUT2D eigenvalue weighted by molar-refractivity contribution is 5.92. The van der Waals surface area contributed by atoms with Gasteiger partial charge in [0, 0.05) is 18.8 Å². The van der Waals surface area contributed by atoms with Crippen LogP contribution in [0, 0.1) is 6.92 Å². The molecule has 3 aromatic carbocycles. The summed E-state index contributed by atoms with van der Waals surface area (Å²) in [5, 5.41) is 7.44. The van der Waals surface area contributed by atoms with Gasteiger partial charge in [0.2, 0.25) is 0 Å². The van der Waals surface area contributed by atoms with E-state index in [-0.39, 0.29) is 5.91 Å². The predicted molar refractivity (Wildman–Crippen MR) is 125 cm³/mol. The van der Waals surface area contributed by atoms with Gasteiger partial charge in [-0.3, -0.25) is 4.79 Å². The number of nitrogens with zero attached hydrogens (tertiary/aromatic N) is 4. The van der Waals surface area contributed by atoms with E-state index in [1.54, 1.807) is 10.7 Å². The molecule has 0 radical (unpaired) electrons. The average molecular weight is 422 g/mol. The lowest BCUT2D eigenvalue weighted by atomic mass is 10.1. The van der Waals surface area contributed by atoms with Crippen LogP contribution in [-0.2, 0) is 13.1 Å². The van der Waals surface area contributed by atoms with E-state index in [0.717, 1.165) is 34.5 Å². The Bertz CT molecular complexity index is 1370. The zero-order chi connectivity index (χ0) is 21.9. The number of hydrogen-bond donors (Lipinski definition) is 1. The molecule has 1 amide bonds. The van der Waals surface area contributed by atoms with Crippen molar-refractivity contribution in [3.8, 4) is 5.69 Å². The molecule has 1 N–H and O–H groups in total. The lowest BCUT2D eigenvalue weighted by molar-refractivity contribution is 0.0945. The van der Waals surface area contributed by atoms with Crippen molar-refractivity contribution in [2.45, 2.75) is 20.0 Å². The van der Waals surface area contributed by atoms with Gasteiger partial charge in [-0.05, 0) is 48.4 Å². The molecular formula is C26H23N5O. The summed E-state index contributed by atoms with van der Waals surface area (Å²) in [5.74, 6) is -0.184. The summed E-state index contributed by atoms with van der Waals surface area (Å²) in [6.45, 7) is 3.15. The monoisotopic (exact) mass is 421 g/mol. The molecule has 0 aliphatic heterocycles. The van der Waals surface area contributed by atoms with Crippen molar-refractivity contribution in [1.29, 1.82) is 0 Å². The third-order valence-electron chi connectivity index (χ3n) is 5.48. The van der Waals surface area contributed by atoms with Gasteiger partial charge >= 0.3 is 0 Å². The standard InChI is InChI=1S/C26H23N5O/c1-19-15-24(29-31(19)22-7-3-2-4-8-22)26(32)27-16-20-11-13-21(14-12-20)17-30-18-28-23-9-5-6-10-25(23)30/h2-15,18H,16-17H2,1H3,(H,27,32). The van der Waals surface area contributed by atoms with Crippen LogP contribution < -0.4 is 5.32 Å². The van der Waals surface area contributed by atoms with Crippen LogP contribution in [-0.4, -0.2) is 25.2 Å². The smallest absolute Gasteiger partial charge is 0.272 e. The van der Waals surface area contributed by atoms with E-state index in [4.69, 9.17) is 0 Å². The first kappa shape index (κ1) is 19.8. The summed E-state index contributed by atoms with van der Waals surface area (Å²) < 4.78 is 3.92. The van der Waals surface area contributed by atoms with Crippen LogP contribution in [0.3, 0.4) is 0 Å². The Hall–Kier alpha value is -4.19. The molecule has 158 valence electrons. The number of aryl methyl sites for hydroxylation is 1. The van der Waals surface area contributed by atoms with Crippen molar-refractivity contribution < 1.29 is 4.79 Å². The molecule has 0 unspecified atom stereocenters. The van der Waals surface area contributed by atoms with E-state index >= 15 is 0 Å². The number of imidazole rings is 1. The zero-order valence-corrected chi connectivity index (χ0v) is 17.8. The molecule has 0 saturated heterocycles. The van der Waals surface area contributed by atoms with Crippen molar-refractivity contribution in [1.82, 2.24) is 24.6 Å². The van der Waals surface area contributed by atoms with Gasteiger partial charge in [0.15, 0.2) is 5.69 Å². The van der Waals surface area contributed by atoms with Crippen LogP contribution in [0.25, 0.3) is 16.7 Å². The minimum Gasteiger partial charge on any atom is -0.347 e. The number of rotatable bonds is 6. The summed E-state index contributed by atoms with van der Waals surface area (Å²) in [6, 6.07) is 28.0. The minimum atomic E-state index is -0.184. The van der Waals surface area contributed by atoms with Crippen LogP contribution in [0.4, 0.5) is 0 Å². The molecule has 0 aliphatic rings. The maximum atomic E-state index is 12.6. The Labute approximate surface area is 186 Å². The van der Waals surface area contributed by atoms with Gasteiger partial charge < -0.3 is 9.88 Å². The van der Waals surface area contributed by atoms with E-state index in [9.17, 15) is 4.79 Å². The topological polar surface area (TPSA) is 64.7 Å². The lowest BCUT2D eigenvalue weighted by Gasteiger charge is -2.07. The van der Waals surface area contributed by atoms with Crippen molar-refractivity contribution in [3.63, 3.8) is 0 Å². The molecule has 0 atom stereocenters. The molecule has 0 bridgehead atoms. The van der Waals surface area contributed by atoms with Crippen LogP contribution in [0.5, 0.6) is 0 Å². The molecule has 32 heavy (non-hydrogen) atoms. The first-order valence-corrected chi connectivity index (χ1v) is 10.6. The molecule has 6 heteroatoms. The molecular weight excluding hydrogens is 398 g/mol. The lowest BCUT2D eigenvalue weighted by Crippen LogP contribution is -2.23.